The number of anilines is 1. The molecule has 3 heterocycles. The van der Waals surface area contributed by atoms with E-state index in [0.29, 0.717) is 13.1 Å². The Kier molecular flexibility index (Phi) is 4.59. The summed E-state index contributed by atoms with van der Waals surface area (Å²) in [5.74, 6) is -2.00. The Hall–Kier alpha value is -2.57. The van der Waals surface area contributed by atoms with Crippen LogP contribution in [0.3, 0.4) is 0 Å². The van der Waals surface area contributed by atoms with Gasteiger partial charge in [0, 0.05) is 32.0 Å². The quantitative estimate of drug-likeness (QED) is 0.683. The number of rotatable bonds is 3. The van der Waals surface area contributed by atoms with Crippen LogP contribution < -0.4 is 20.1 Å². The Labute approximate surface area is 164 Å². The van der Waals surface area contributed by atoms with Gasteiger partial charge in [0.25, 0.3) is 12.3 Å². The van der Waals surface area contributed by atoms with Crippen LogP contribution in [0.4, 0.5) is 18.9 Å². The second kappa shape index (κ2) is 6.75. The minimum atomic E-state index is -3.94. The highest BCUT2D eigenvalue weighted by Gasteiger charge is 2.46. The van der Waals surface area contributed by atoms with Gasteiger partial charge in [-0.25, -0.2) is 21.6 Å². The van der Waals surface area contributed by atoms with Crippen LogP contribution in [0.5, 0.6) is 5.75 Å². The molecule has 2 aromatic rings. The van der Waals surface area contributed by atoms with Gasteiger partial charge >= 0.3 is 0 Å². The summed E-state index contributed by atoms with van der Waals surface area (Å²) >= 11 is 0. The van der Waals surface area contributed by atoms with Crippen molar-refractivity contribution < 1.29 is 31.1 Å². The van der Waals surface area contributed by atoms with E-state index in [2.05, 4.69) is 15.4 Å². The van der Waals surface area contributed by atoms with Gasteiger partial charge in [-0.2, -0.15) is 4.72 Å². The summed E-state index contributed by atoms with van der Waals surface area (Å²) in [5.41, 5.74) is -1.80. The van der Waals surface area contributed by atoms with Crippen LogP contribution in [0.15, 0.2) is 29.3 Å². The van der Waals surface area contributed by atoms with Crippen LogP contribution in [-0.4, -0.2) is 44.1 Å². The molecule has 2 aliphatic heterocycles. The lowest BCUT2D eigenvalue weighted by Crippen LogP contribution is -2.71. The first kappa shape index (κ1) is 19.7. The van der Waals surface area contributed by atoms with E-state index >= 15 is 0 Å². The number of carbonyl (C=O) groups is 1. The van der Waals surface area contributed by atoms with Crippen molar-refractivity contribution in [1.82, 2.24) is 14.6 Å². The third-order valence-electron chi connectivity index (χ3n) is 4.87. The second-order valence-electron chi connectivity index (χ2n) is 7.05. The highest BCUT2D eigenvalue weighted by atomic mass is 32.2. The smallest absolute Gasteiger partial charge is 0.276 e. The lowest BCUT2D eigenvalue weighted by molar-refractivity contribution is 0.100. The fourth-order valence-electron chi connectivity index (χ4n) is 3.33. The van der Waals surface area contributed by atoms with Crippen molar-refractivity contribution >= 4 is 21.6 Å². The normalized spacial score (nSPS) is 19.2. The van der Waals surface area contributed by atoms with Crippen molar-refractivity contribution in [1.29, 1.82) is 0 Å². The number of carbonyl (C=O) groups excluding carboxylic acids is 1. The van der Waals surface area contributed by atoms with Gasteiger partial charge in [0.05, 0.1) is 11.1 Å². The number of nitrogens with zero attached hydrogens (tertiary/aromatic N) is 1. The van der Waals surface area contributed by atoms with E-state index in [1.54, 1.807) is 0 Å². The lowest BCUT2D eigenvalue weighted by atomic mass is 9.95. The highest BCUT2D eigenvalue weighted by molar-refractivity contribution is 7.89. The molecule has 3 N–H and O–H groups in total. The molecule has 1 spiro atoms. The first-order valence-electron chi connectivity index (χ1n) is 8.58. The zero-order valence-electron chi connectivity index (χ0n) is 15.1. The van der Waals surface area contributed by atoms with Gasteiger partial charge in [-0.1, -0.05) is 0 Å². The Bertz CT molecular complexity index is 1100. The second-order valence-corrected chi connectivity index (χ2v) is 8.70. The van der Waals surface area contributed by atoms with E-state index in [-0.39, 0.29) is 28.6 Å². The number of ether oxygens (including phenoxy) is 1. The number of nitrogens with one attached hydrogen (secondary N) is 3. The summed E-state index contributed by atoms with van der Waals surface area (Å²) in [5, 5.41) is 5.36. The van der Waals surface area contributed by atoms with E-state index in [1.807, 2.05) is 0 Å². The fraction of sp³-hybridized carbons (Fsp3) is 0.353. The zero-order chi connectivity index (χ0) is 21.0. The van der Waals surface area contributed by atoms with Gasteiger partial charge in [0.2, 0.25) is 10.0 Å². The number of hydrogen-bond acceptors (Lipinski definition) is 5. The van der Waals surface area contributed by atoms with E-state index in [9.17, 15) is 26.4 Å². The van der Waals surface area contributed by atoms with E-state index in [4.69, 9.17) is 4.74 Å². The fourth-order valence-corrected chi connectivity index (χ4v) is 4.91. The summed E-state index contributed by atoms with van der Waals surface area (Å²) in [6, 6.07) is 2.78. The third-order valence-corrected chi connectivity index (χ3v) is 6.44. The number of aryl methyl sites for hydroxylation is 1. The summed E-state index contributed by atoms with van der Waals surface area (Å²) < 4.78 is 74.2. The van der Waals surface area contributed by atoms with E-state index in [0.717, 1.165) is 18.2 Å². The van der Waals surface area contributed by atoms with Gasteiger partial charge in [-0.15, -0.1) is 0 Å². The molecule has 2 aliphatic rings. The Morgan fingerprint density at radius 2 is 2.07 bits per heavy atom. The molecule has 0 saturated carbocycles. The molecule has 156 valence electrons. The van der Waals surface area contributed by atoms with Crippen LogP contribution >= 0.6 is 0 Å². The number of sulfonamides is 1. The standard InChI is InChI=1S/C17H17F3N4O4S/c1-24-5-12-14(28-8-17(6-21-7-17)23-29(12,26)27)13(24)16(25)22-9-2-3-11(18)10(4-9)15(19)20/h2-5,15,21,23H,6-8H2,1H3,(H,22,25). The number of aromatic nitrogens is 1. The lowest BCUT2D eigenvalue weighted by Gasteiger charge is -2.40. The largest absolute Gasteiger partial charge is 0.488 e. The van der Waals surface area contributed by atoms with Crippen molar-refractivity contribution in [3.05, 3.63) is 41.5 Å². The first-order chi connectivity index (χ1) is 13.6. The number of fused-ring (bicyclic) bond motifs is 1. The predicted molar refractivity (Wildman–Crippen MR) is 96.1 cm³/mol. The number of halogens is 3. The molecule has 0 aliphatic carbocycles. The average Bonchev–Trinajstić information content (AvgIpc) is 2.90. The SMILES string of the molecule is Cn1cc2c(c1C(=O)Nc1ccc(F)c(C(F)F)c1)OCC1(CNC1)NS2(=O)=O. The topological polar surface area (TPSA) is 101 Å². The molecule has 0 unspecified atom stereocenters. The van der Waals surface area contributed by atoms with Crippen LogP contribution in [0.25, 0.3) is 0 Å². The van der Waals surface area contributed by atoms with Gasteiger partial charge in [-0.05, 0) is 18.2 Å². The Balaban J connectivity index is 1.68. The molecule has 12 heteroatoms. The van der Waals surface area contributed by atoms with Crippen molar-refractivity contribution in [3.8, 4) is 5.75 Å². The Morgan fingerprint density at radius 1 is 1.34 bits per heavy atom. The highest BCUT2D eigenvalue weighted by Crippen LogP contribution is 2.35. The van der Waals surface area contributed by atoms with Crippen molar-refractivity contribution in [2.24, 2.45) is 7.05 Å². The molecule has 1 saturated heterocycles. The number of amides is 1. The summed E-state index contributed by atoms with van der Waals surface area (Å²) in [6.45, 7) is 0.787. The average molecular weight is 430 g/mol. The maximum Gasteiger partial charge on any atom is 0.276 e. The van der Waals surface area contributed by atoms with Gasteiger partial charge in [0.1, 0.15) is 17.3 Å². The maximum atomic E-state index is 13.5. The monoisotopic (exact) mass is 430 g/mol. The minimum Gasteiger partial charge on any atom is -0.488 e. The summed E-state index contributed by atoms with van der Waals surface area (Å²) in [6.07, 6.45) is -1.81. The maximum absolute atomic E-state index is 13.5. The molecule has 1 aromatic heterocycles. The number of benzene rings is 1. The van der Waals surface area contributed by atoms with Crippen molar-refractivity contribution in [2.45, 2.75) is 16.9 Å². The van der Waals surface area contributed by atoms with Crippen LogP contribution in [-0.2, 0) is 17.1 Å². The molecule has 8 nitrogen and oxygen atoms in total. The molecular weight excluding hydrogens is 413 g/mol. The van der Waals surface area contributed by atoms with Gasteiger partial charge in [0.15, 0.2) is 11.4 Å². The van der Waals surface area contributed by atoms with Crippen LogP contribution in [0.1, 0.15) is 22.5 Å². The molecule has 4 rings (SSSR count). The minimum absolute atomic E-state index is 0.0165. The first-order valence-corrected chi connectivity index (χ1v) is 10.1. The van der Waals surface area contributed by atoms with E-state index in [1.165, 1.54) is 17.8 Å². The number of alkyl halides is 2. The molecule has 0 radical (unpaired) electrons. The molecule has 1 amide bonds. The van der Waals surface area contributed by atoms with Crippen molar-refractivity contribution in [2.75, 3.05) is 25.0 Å². The molecule has 1 aromatic carbocycles. The van der Waals surface area contributed by atoms with Gasteiger partial charge < -0.3 is 19.9 Å². The van der Waals surface area contributed by atoms with Crippen LogP contribution in [0, 0.1) is 5.82 Å². The summed E-state index contributed by atoms with van der Waals surface area (Å²) in [7, 11) is -2.49. The zero-order valence-corrected chi connectivity index (χ0v) is 15.9. The predicted octanol–water partition coefficient (Wildman–Crippen LogP) is 1.37. The molecule has 0 atom stereocenters. The molecular formula is C17H17F3N4O4S. The van der Waals surface area contributed by atoms with Crippen molar-refractivity contribution in [3.63, 3.8) is 0 Å². The van der Waals surface area contributed by atoms with Gasteiger partial charge in [-0.3, -0.25) is 4.79 Å². The summed E-state index contributed by atoms with van der Waals surface area (Å²) in [4.78, 5) is 12.6. The van der Waals surface area contributed by atoms with E-state index < -0.39 is 39.3 Å². The van der Waals surface area contributed by atoms with Crippen LogP contribution in [0.2, 0.25) is 0 Å². The Morgan fingerprint density at radius 3 is 2.69 bits per heavy atom. The molecule has 0 bridgehead atoms. The molecule has 1 fully saturated rings. The number of hydrogen-bond donors (Lipinski definition) is 3. The third kappa shape index (κ3) is 3.36. The molecule has 29 heavy (non-hydrogen) atoms.